The Morgan fingerprint density at radius 3 is 2.43 bits per heavy atom. The third kappa shape index (κ3) is 1.57. The van der Waals surface area contributed by atoms with Crippen LogP contribution in [-0.2, 0) is 0 Å². The second-order valence-corrected chi connectivity index (χ2v) is 2.67. The van der Waals surface area contributed by atoms with Crippen LogP contribution in [0.3, 0.4) is 0 Å². The van der Waals surface area contributed by atoms with Crippen LogP contribution in [0.25, 0.3) is 11.3 Å². The van der Waals surface area contributed by atoms with Gasteiger partial charge in [-0.1, -0.05) is 0 Å². The molecule has 4 heteroatoms. The average Bonchev–Trinajstić information content (AvgIpc) is 2.30. The molecule has 4 nitrogen and oxygen atoms in total. The van der Waals surface area contributed by atoms with Crippen LogP contribution in [0.4, 0.5) is 0 Å². The standard InChI is InChI=1S/C10H6N4/c11-3-8-1-2-10(14-4-8)9-5-12-7-13-6-9/h1-2,4-7H. The highest BCUT2D eigenvalue weighted by molar-refractivity contribution is 5.56. The molecular weight excluding hydrogens is 176 g/mol. The van der Waals surface area contributed by atoms with Gasteiger partial charge in [0.1, 0.15) is 12.4 Å². The maximum atomic E-state index is 8.58. The Bertz CT molecular complexity index is 456. The highest BCUT2D eigenvalue weighted by atomic mass is 14.8. The number of rotatable bonds is 1. The molecule has 0 atom stereocenters. The van der Waals surface area contributed by atoms with Crippen LogP contribution in [0.15, 0.2) is 37.1 Å². The van der Waals surface area contributed by atoms with E-state index in [1.807, 2.05) is 6.07 Å². The van der Waals surface area contributed by atoms with E-state index < -0.39 is 0 Å². The van der Waals surface area contributed by atoms with Gasteiger partial charge in [-0.05, 0) is 12.1 Å². The lowest BCUT2D eigenvalue weighted by Gasteiger charge is -1.97. The van der Waals surface area contributed by atoms with Crippen molar-refractivity contribution in [3.8, 4) is 17.3 Å². The highest BCUT2D eigenvalue weighted by Crippen LogP contribution is 2.13. The first-order valence-corrected chi connectivity index (χ1v) is 4.01. The number of hydrogen-bond acceptors (Lipinski definition) is 4. The van der Waals surface area contributed by atoms with Crippen LogP contribution in [0.5, 0.6) is 0 Å². The van der Waals surface area contributed by atoms with Gasteiger partial charge in [0.05, 0.1) is 11.3 Å². The van der Waals surface area contributed by atoms with E-state index in [1.165, 1.54) is 12.5 Å². The molecule has 0 aromatic carbocycles. The minimum absolute atomic E-state index is 0.547. The van der Waals surface area contributed by atoms with Crippen LogP contribution in [0.2, 0.25) is 0 Å². The molecule has 0 bridgehead atoms. The lowest BCUT2D eigenvalue weighted by Crippen LogP contribution is -1.86. The minimum atomic E-state index is 0.547. The van der Waals surface area contributed by atoms with Crippen molar-refractivity contribution < 1.29 is 0 Å². The van der Waals surface area contributed by atoms with Gasteiger partial charge in [0.25, 0.3) is 0 Å². The van der Waals surface area contributed by atoms with Gasteiger partial charge >= 0.3 is 0 Å². The van der Waals surface area contributed by atoms with Gasteiger partial charge in [0.15, 0.2) is 0 Å². The van der Waals surface area contributed by atoms with E-state index in [0.717, 1.165) is 11.3 Å². The smallest absolute Gasteiger partial charge is 0.115 e. The summed E-state index contributed by atoms with van der Waals surface area (Å²) in [6, 6.07) is 5.50. The molecule has 0 saturated carbocycles. The first kappa shape index (κ1) is 8.32. The van der Waals surface area contributed by atoms with Crippen molar-refractivity contribution in [3.63, 3.8) is 0 Å². The fraction of sp³-hybridized carbons (Fsp3) is 0. The van der Waals surface area contributed by atoms with Gasteiger partial charge < -0.3 is 0 Å². The summed E-state index contributed by atoms with van der Waals surface area (Å²) in [5.41, 5.74) is 2.16. The zero-order valence-corrected chi connectivity index (χ0v) is 7.25. The molecule has 66 valence electrons. The molecule has 0 aliphatic carbocycles. The molecule has 2 aromatic heterocycles. The van der Waals surface area contributed by atoms with Crippen LogP contribution in [0.1, 0.15) is 5.56 Å². The van der Waals surface area contributed by atoms with Crippen molar-refractivity contribution >= 4 is 0 Å². The molecule has 0 unspecified atom stereocenters. The third-order valence-electron chi connectivity index (χ3n) is 1.75. The number of pyridine rings is 1. The Labute approximate surface area is 80.9 Å². The fourth-order valence-corrected chi connectivity index (χ4v) is 1.06. The van der Waals surface area contributed by atoms with Gasteiger partial charge in [-0.15, -0.1) is 0 Å². The Morgan fingerprint density at radius 1 is 1.07 bits per heavy atom. The SMILES string of the molecule is N#Cc1ccc(-c2cncnc2)nc1. The maximum absolute atomic E-state index is 8.58. The van der Waals surface area contributed by atoms with Gasteiger partial charge in [-0.3, -0.25) is 4.98 Å². The van der Waals surface area contributed by atoms with Crippen LogP contribution in [0, 0.1) is 11.3 Å². The monoisotopic (exact) mass is 182 g/mol. The summed E-state index contributed by atoms with van der Waals surface area (Å²) in [5, 5.41) is 8.58. The zero-order valence-electron chi connectivity index (χ0n) is 7.25. The summed E-state index contributed by atoms with van der Waals surface area (Å²) >= 11 is 0. The highest BCUT2D eigenvalue weighted by Gasteiger charge is 1.98. The normalized spacial score (nSPS) is 9.36. The molecule has 14 heavy (non-hydrogen) atoms. The van der Waals surface area contributed by atoms with Crippen molar-refractivity contribution in [2.24, 2.45) is 0 Å². The lowest BCUT2D eigenvalue weighted by molar-refractivity contribution is 1.16. The van der Waals surface area contributed by atoms with Crippen LogP contribution < -0.4 is 0 Å². The Morgan fingerprint density at radius 2 is 1.86 bits per heavy atom. The number of hydrogen-bond donors (Lipinski definition) is 0. The molecule has 2 rings (SSSR count). The Hall–Kier alpha value is -2.28. The van der Waals surface area contributed by atoms with Gasteiger partial charge in [-0.2, -0.15) is 5.26 Å². The molecule has 0 aliphatic rings. The Kier molecular flexibility index (Phi) is 2.15. The summed E-state index contributed by atoms with van der Waals surface area (Å²) in [7, 11) is 0. The van der Waals surface area contributed by atoms with E-state index >= 15 is 0 Å². The van der Waals surface area contributed by atoms with Crippen molar-refractivity contribution in [1.29, 1.82) is 5.26 Å². The molecule has 0 spiro atoms. The molecule has 2 heterocycles. The number of nitriles is 1. The molecule has 0 amide bonds. The van der Waals surface area contributed by atoms with Crippen molar-refractivity contribution in [2.45, 2.75) is 0 Å². The molecule has 0 saturated heterocycles. The summed E-state index contributed by atoms with van der Waals surface area (Å²) in [5.74, 6) is 0. The first-order chi connectivity index (χ1) is 6.90. The van der Waals surface area contributed by atoms with E-state index in [-0.39, 0.29) is 0 Å². The summed E-state index contributed by atoms with van der Waals surface area (Å²) in [6.45, 7) is 0. The van der Waals surface area contributed by atoms with E-state index in [0.29, 0.717) is 5.56 Å². The van der Waals surface area contributed by atoms with Gasteiger partial charge in [0.2, 0.25) is 0 Å². The second-order valence-electron chi connectivity index (χ2n) is 2.67. The number of nitrogens with zero attached hydrogens (tertiary/aromatic N) is 4. The molecular formula is C10H6N4. The molecule has 2 aromatic rings. The molecule has 0 N–H and O–H groups in total. The van der Waals surface area contributed by atoms with Crippen molar-refractivity contribution in [3.05, 3.63) is 42.6 Å². The van der Waals surface area contributed by atoms with E-state index in [1.54, 1.807) is 24.5 Å². The van der Waals surface area contributed by atoms with Crippen molar-refractivity contribution in [2.75, 3.05) is 0 Å². The number of aromatic nitrogens is 3. The third-order valence-corrected chi connectivity index (χ3v) is 1.75. The maximum Gasteiger partial charge on any atom is 0.115 e. The van der Waals surface area contributed by atoms with Gasteiger partial charge in [-0.25, -0.2) is 9.97 Å². The van der Waals surface area contributed by atoms with Crippen molar-refractivity contribution in [1.82, 2.24) is 15.0 Å². The second kappa shape index (κ2) is 3.62. The van der Waals surface area contributed by atoms with E-state index in [4.69, 9.17) is 5.26 Å². The fourth-order valence-electron chi connectivity index (χ4n) is 1.06. The quantitative estimate of drug-likeness (QED) is 0.668. The topological polar surface area (TPSA) is 62.5 Å². The summed E-state index contributed by atoms with van der Waals surface area (Å²) in [4.78, 5) is 11.9. The van der Waals surface area contributed by atoms with Gasteiger partial charge in [0, 0.05) is 24.2 Å². The molecule has 0 aliphatic heterocycles. The lowest BCUT2D eigenvalue weighted by atomic mass is 10.2. The predicted octanol–water partition coefficient (Wildman–Crippen LogP) is 1.41. The Balaban J connectivity index is 2.40. The molecule has 0 radical (unpaired) electrons. The van der Waals surface area contributed by atoms with Crippen LogP contribution >= 0.6 is 0 Å². The summed E-state index contributed by atoms with van der Waals surface area (Å²) in [6.07, 6.45) is 6.36. The molecule has 0 fully saturated rings. The minimum Gasteiger partial charge on any atom is -0.255 e. The van der Waals surface area contributed by atoms with E-state index in [9.17, 15) is 0 Å². The average molecular weight is 182 g/mol. The summed E-state index contributed by atoms with van der Waals surface area (Å²) < 4.78 is 0. The first-order valence-electron chi connectivity index (χ1n) is 4.01. The predicted molar refractivity (Wildman–Crippen MR) is 50.0 cm³/mol. The van der Waals surface area contributed by atoms with Crippen LogP contribution in [-0.4, -0.2) is 15.0 Å². The zero-order chi connectivity index (χ0) is 9.80. The largest absolute Gasteiger partial charge is 0.255 e. The van der Waals surface area contributed by atoms with E-state index in [2.05, 4.69) is 15.0 Å².